The zero-order chi connectivity index (χ0) is 9.14. The minimum atomic E-state index is 0.464. The Kier molecular flexibility index (Phi) is 2.60. The fourth-order valence-electron chi connectivity index (χ4n) is 1.29. The monoisotopic (exact) mass is 161 g/mol. The van der Waals surface area contributed by atoms with Crippen molar-refractivity contribution in [2.75, 3.05) is 7.05 Å². The highest BCUT2D eigenvalue weighted by molar-refractivity contribution is 5.42. The predicted octanol–water partition coefficient (Wildman–Crippen LogP) is 2.17. The molecule has 1 rings (SSSR count). The van der Waals surface area contributed by atoms with Gasteiger partial charge in [0.05, 0.1) is 0 Å². The summed E-state index contributed by atoms with van der Waals surface area (Å²) in [4.78, 5) is 2.24. The molecule has 1 nitrogen and oxygen atoms in total. The van der Waals surface area contributed by atoms with Gasteiger partial charge in [-0.1, -0.05) is 5.92 Å². The molecule has 0 amide bonds. The molecule has 0 aromatic rings. The van der Waals surface area contributed by atoms with Crippen molar-refractivity contribution in [3.05, 3.63) is 23.4 Å². The van der Waals surface area contributed by atoms with E-state index in [1.54, 1.807) is 0 Å². The molecule has 12 heavy (non-hydrogen) atoms. The van der Waals surface area contributed by atoms with E-state index in [0.717, 1.165) is 5.57 Å². The standard InChI is InChI=1S/C11H15N/c1-5-6-11-7-9(2)12(4)10(3)8-11/h7-9H,1-4H3. The zero-order valence-corrected chi connectivity index (χ0v) is 8.18. The molecule has 0 aliphatic carbocycles. The van der Waals surface area contributed by atoms with Gasteiger partial charge in [0, 0.05) is 24.4 Å². The summed E-state index contributed by atoms with van der Waals surface area (Å²) < 4.78 is 0. The van der Waals surface area contributed by atoms with Crippen LogP contribution in [-0.2, 0) is 0 Å². The summed E-state index contributed by atoms with van der Waals surface area (Å²) in [5.41, 5.74) is 2.42. The Hall–Kier alpha value is -1.16. The van der Waals surface area contributed by atoms with E-state index in [1.165, 1.54) is 5.70 Å². The van der Waals surface area contributed by atoms with Crippen LogP contribution >= 0.6 is 0 Å². The summed E-state index contributed by atoms with van der Waals surface area (Å²) >= 11 is 0. The quantitative estimate of drug-likeness (QED) is 0.492. The van der Waals surface area contributed by atoms with E-state index in [-0.39, 0.29) is 0 Å². The van der Waals surface area contributed by atoms with Crippen LogP contribution in [0.3, 0.4) is 0 Å². The molecule has 1 atom stereocenters. The van der Waals surface area contributed by atoms with Crippen LogP contribution in [0.5, 0.6) is 0 Å². The molecule has 1 aliphatic heterocycles. The SMILES string of the molecule is CC#CC1=CC(C)N(C)C(C)=C1. The van der Waals surface area contributed by atoms with E-state index < -0.39 is 0 Å². The molecule has 64 valence electrons. The second kappa shape index (κ2) is 3.49. The highest BCUT2D eigenvalue weighted by Gasteiger charge is 2.11. The van der Waals surface area contributed by atoms with Gasteiger partial charge in [-0.3, -0.25) is 0 Å². The lowest BCUT2D eigenvalue weighted by Gasteiger charge is -2.28. The van der Waals surface area contributed by atoms with Crippen molar-refractivity contribution >= 4 is 0 Å². The van der Waals surface area contributed by atoms with Crippen LogP contribution in [0.4, 0.5) is 0 Å². The van der Waals surface area contributed by atoms with Gasteiger partial charge in [0.25, 0.3) is 0 Å². The molecule has 0 saturated carbocycles. The number of hydrogen-bond donors (Lipinski definition) is 0. The van der Waals surface area contributed by atoms with Crippen LogP contribution in [0.1, 0.15) is 20.8 Å². The van der Waals surface area contributed by atoms with E-state index in [9.17, 15) is 0 Å². The molecular weight excluding hydrogens is 146 g/mol. The summed E-state index contributed by atoms with van der Waals surface area (Å²) in [6.45, 7) is 6.15. The van der Waals surface area contributed by atoms with Crippen LogP contribution in [0.2, 0.25) is 0 Å². The van der Waals surface area contributed by atoms with Crippen molar-refractivity contribution in [1.82, 2.24) is 4.90 Å². The average molecular weight is 161 g/mol. The summed E-state index contributed by atoms with van der Waals surface area (Å²) in [7, 11) is 2.10. The molecule has 0 aromatic carbocycles. The van der Waals surface area contributed by atoms with E-state index in [1.807, 2.05) is 6.92 Å². The molecule has 0 fully saturated rings. The van der Waals surface area contributed by atoms with Crippen molar-refractivity contribution in [2.24, 2.45) is 0 Å². The van der Waals surface area contributed by atoms with Gasteiger partial charge >= 0.3 is 0 Å². The van der Waals surface area contributed by atoms with Crippen molar-refractivity contribution in [3.63, 3.8) is 0 Å². The Bertz CT molecular complexity index is 286. The number of likely N-dealkylation sites (N-methyl/N-ethyl adjacent to an activating group) is 1. The van der Waals surface area contributed by atoms with Crippen LogP contribution in [0.25, 0.3) is 0 Å². The second-order valence-electron chi connectivity index (χ2n) is 3.13. The van der Waals surface area contributed by atoms with Gasteiger partial charge in [-0.25, -0.2) is 0 Å². The first kappa shape index (κ1) is 8.93. The Morgan fingerprint density at radius 1 is 1.50 bits per heavy atom. The maximum atomic E-state index is 3.07. The molecule has 0 radical (unpaired) electrons. The van der Waals surface area contributed by atoms with E-state index in [2.05, 4.69) is 49.8 Å². The van der Waals surface area contributed by atoms with Gasteiger partial charge in [0.2, 0.25) is 0 Å². The Morgan fingerprint density at radius 3 is 2.67 bits per heavy atom. The minimum Gasteiger partial charge on any atom is -0.372 e. The molecule has 1 aliphatic rings. The lowest BCUT2D eigenvalue weighted by atomic mass is 10.1. The lowest BCUT2D eigenvalue weighted by Crippen LogP contribution is -2.28. The first-order valence-electron chi connectivity index (χ1n) is 4.21. The Labute approximate surface area is 74.8 Å². The van der Waals surface area contributed by atoms with Crippen molar-refractivity contribution in [3.8, 4) is 11.8 Å². The van der Waals surface area contributed by atoms with E-state index >= 15 is 0 Å². The van der Waals surface area contributed by atoms with Gasteiger partial charge in [0.1, 0.15) is 0 Å². The van der Waals surface area contributed by atoms with Crippen molar-refractivity contribution in [1.29, 1.82) is 0 Å². The zero-order valence-electron chi connectivity index (χ0n) is 8.18. The highest BCUT2D eigenvalue weighted by Crippen LogP contribution is 2.16. The lowest BCUT2D eigenvalue weighted by molar-refractivity contribution is 0.368. The molecule has 0 spiro atoms. The average Bonchev–Trinajstić information content (AvgIpc) is 2.01. The topological polar surface area (TPSA) is 3.24 Å². The summed E-state index contributed by atoms with van der Waals surface area (Å²) in [5, 5.41) is 0. The first-order valence-corrected chi connectivity index (χ1v) is 4.21. The fourth-order valence-corrected chi connectivity index (χ4v) is 1.29. The largest absolute Gasteiger partial charge is 0.372 e. The van der Waals surface area contributed by atoms with Gasteiger partial charge in [-0.2, -0.15) is 0 Å². The molecule has 0 saturated heterocycles. The molecule has 1 heterocycles. The molecule has 1 unspecified atom stereocenters. The predicted molar refractivity (Wildman–Crippen MR) is 52.5 cm³/mol. The summed E-state index contributed by atoms with van der Waals surface area (Å²) in [5.74, 6) is 5.99. The summed E-state index contributed by atoms with van der Waals surface area (Å²) in [6.07, 6.45) is 4.31. The molecule has 0 bridgehead atoms. The van der Waals surface area contributed by atoms with Crippen LogP contribution in [0.15, 0.2) is 23.4 Å². The van der Waals surface area contributed by atoms with Crippen LogP contribution in [0, 0.1) is 11.8 Å². The maximum Gasteiger partial charge on any atom is 0.0453 e. The van der Waals surface area contributed by atoms with E-state index in [0.29, 0.717) is 6.04 Å². The number of nitrogens with zero attached hydrogens (tertiary/aromatic N) is 1. The number of rotatable bonds is 0. The van der Waals surface area contributed by atoms with Crippen molar-refractivity contribution < 1.29 is 0 Å². The molecule has 1 heteroatoms. The first-order chi connectivity index (χ1) is 5.65. The Morgan fingerprint density at radius 2 is 2.17 bits per heavy atom. The normalized spacial score (nSPS) is 22.3. The minimum absolute atomic E-state index is 0.464. The third kappa shape index (κ3) is 1.71. The fraction of sp³-hybridized carbons (Fsp3) is 0.455. The van der Waals surface area contributed by atoms with Gasteiger partial charge in [0.15, 0.2) is 0 Å². The van der Waals surface area contributed by atoms with Gasteiger partial charge in [-0.15, -0.1) is 5.92 Å². The third-order valence-electron chi connectivity index (χ3n) is 2.22. The number of hydrogen-bond acceptors (Lipinski definition) is 1. The van der Waals surface area contributed by atoms with Crippen LogP contribution < -0.4 is 0 Å². The molecular formula is C11H15N. The van der Waals surface area contributed by atoms with Gasteiger partial charge < -0.3 is 4.90 Å². The highest BCUT2D eigenvalue weighted by atomic mass is 15.1. The van der Waals surface area contributed by atoms with Gasteiger partial charge in [-0.05, 0) is 32.9 Å². The van der Waals surface area contributed by atoms with E-state index in [4.69, 9.17) is 0 Å². The third-order valence-corrected chi connectivity index (χ3v) is 2.22. The van der Waals surface area contributed by atoms with Crippen molar-refractivity contribution in [2.45, 2.75) is 26.8 Å². The second-order valence-corrected chi connectivity index (χ2v) is 3.13. The molecule has 0 N–H and O–H groups in total. The number of allylic oxidation sites excluding steroid dienone is 3. The molecule has 0 aromatic heterocycles. The Balaban J connectivity index is 2.92. The van der Waals surface area contributed by atoms with Crippen LogP contribution in [-0.4, -0.2) is 18.0 Å². The summed E-state index contributed by atoms with van der Waals surface area (Å²) in [6, 6.07) is 0.464. The maximum absolute atomic E-state index is 3.07. The smallest absolute Gasteiger partial charge is 0.0453 e.